The molecule has 0 atom stereocenters. The molecule has 0 aromatic carbocycles. The Morgan fingerprint density at radius 3 is 2.87 bits per heavy atom. The highest BCUT2D eigenvalue weighted by Crippen LogP contribution is 2.29. The molecule has 114 valence electrons. The lowest BCUT2D eigenvalue weighted by atomic mass is 10.1. The number of thioether (sulfide) groups is 1. The summed E-state index contributed by atoms with van der Waals surface area (Å²) in [5.74, 6) is 0.688. The van der Waals surface area contributed by atoms with Crippen molar-refractivity contribution in [2.45, 2.75) is 24.6 Å². The molecule has 0 spiro atoms. The molecule has 0 bridgehead atoms. The van der Waals surface area contributed by atoms with Crippen molar-refractivity contribution >= 4 is 23.1 Å². The van der Waals surface area contributed by atoms with E-state index in [-0.39, 0.29) is 0 Å². The van der Waals surface area contributed by atoms with E-state index in [4.69, 9.17) is 0 Å². The van der Waals surface area contributed by atoms with Crippen LogP contribution < -0.4 is 0 Å². The maximum atomic E-state index is 9.31. The molecule has 0 aliphatic rings. The summed E-state index contributed by atoms with van der Waals surface area (Å²) < 4.78 is 0. The summed E-state index contributed by atoms with van der Waals surface area (Å²) in [6.45, 7) is 3.89. The van der Waals surface area contributed by atoms with Gasteiger partial charge in [-0.2, -0.15) is 5.26 Å². The molecule has 3 heterocycles. The third-order valence-corrected chi connectivity index (χ3v) is 5.14. The van der Waals surface area contributed by atoms with Gasteiger partial charge in [0.05, 0.1) is 17.0 Å². The summed E-state index contributed by atoms with van der Waals surface area (Å²) in [7, 11) is 0. The van der Waals surface area contributed by atoms with E-state index in [1.807, 2.05) is 43.5 Å². The van der Waals surface area contributed by atoms with Crippen molar-refractivity contribution in [3.05, 3.63) is 58.4 Å². The lowest BCUT2D eigenvalue weighted by Gasteiger charge is -2.06. The van der Waals surface area contributed by atoms with Crippen molar-refractivity contribution in [3.63, 3.8) is 0 Å². The van der Waals surface area contributed by atoms with Gasteiger partial charge in [-0.05, 0) is 37.6 Å². The third kappa shape index (κ3) is 3.58. The van der Waals surface area contributed by atoms with Gasteiger partial charge < -0.3 is 0 Å². The first-order valence-corrected chi connectivity index (χ1v) is 8.91. The number of hydrogen-bond donors (Lipinski definition) is 0. The van der Waals surface area contributed by atoms with Crippen molar-refractivity contribution in [1.29, 1.82) is 5.26 Å². The Balaban J connectivity index is 1.78. The summed E-state index contributed by atoms with van der Waals surface area (Å²) in [5.41, 5.74) is 4.41. The molecule has 4 nitrogen and oxygen atoms in total. The zero-order chi connectivity index (χ0) is 16.2. The summed E-state index contributed by atoms with van der Waals surface area (Å²) in [6.07, 6.45) is 1.77. The molecule has 3 aromatic heterocycles. The molecule has 23 heavy (non-hydrogen) atoms. The fraction of sp³-hybridized carbons (Fsp3) is 0.176. The first kappa shape index (κ1) is 15.7. The average molecular weight is 338 g/mol. The number of thiazole rings is 1. The van der Waals surface area contributed by atoms with Crippen LogP contribution in [-0.4, -0.2) is 15.0 Å². The minimum atomic E-state index is 0.653. The van der Waals surface area contributed by atoms with Crippen LogP contribution in [0.3, 0.4) is 0 Å². The number of pyridine rings is 2. The summed E-state index contributed by atoms with van der Waals surface area (Å²) >= 11 is 3.13. The molecular weight excluding hydrogens is 324 g/mol. The van der Waals surface area contributed by atoms with Crippen molar-refractivity contribution in [3.8, 4) is 16.8 Å². The van der Waals surface area contributed by atoms with Crippen molar-refractivity contribution in [2.75, 3.05) is 0 Å². The third-order valence-electron chi connectivity index (χ3n) is 3.22. The van der Waals surface area contributed by atoms with Gasteiger partial charge in [0, 0.05) is 23.0 Å². The minimum absolute atomic E-state index is 0.653. The Kier molecular flexibility index (Phi) is 4.70. The number of nitrogens with zero attached hydrogens (tertiary/aromatic N) is 4. The predicted molar refractivity (Wildman–Crippen MR) is 93.3 cm³/mol. The zero-order valence-electron chi connectivity index (χ0n) is 12.8. The standard InChI is InChI=1S/C17H14N4S2/c1-11-7-12(2)20-16(14(11)8-18)22-9-13-10-23-17(21-13)15-5-3-4-6-19-15/h3-7,10H,9H2,1-2H3. The van der Waals surface area contributed by atoms with E-state index < -0.39 is 0 Å². The maximum absolute atomic E-state index is 9.31. The highest BCUT2D eigenvalue weighted by molar-refractivity contribution is 7.98. The van der Waals surface area contributed by atoms with Gasteiger partial charge in [-0.15, -0.1) is 11.3 Å². The minimum Gasteiger partial charge on any atom is -0.254 e. The number of rotatable bonds is 4. The average Bonchev–Trinajstić information content (AvgIpc) is 3.02. The molecule has 0 amide bonds. The van der Waals surface area contributed by atoms with E-state index in [1.54, 1.807) is 29.3 Å². The molecule has 0 radical (unpaired) electrons. The van der Waals surface area contributed by atoms with E-state index in [2.05, 4.69) is 21.0 Å². The van der Waals surface area contributed by atoms with Gasteiger partial charge in [-0.3, -0.25) is 4.98 Å². The van der Waals surface area contributed by atoms with Gasteiger partial charge in [-0.25, -0.2) is 9.97 Å². The Labute approximate surface area is 143 Å². The van der Waals surface area contributed by atoms with Crippen LogP contribution in [0.2, 0.25) is 0 Å². The van der Waals surface area contributed by atoms with Crippen molar-refractivity contribution < 1.29 is 0 Å². The molecule has 3 rings (SSSR count). The molecule has 0 N–H and O–H groups in total. The number of aryl methyl sites for hydroxylation is 2. The van der Waals surface area contributed by atoms with E-state index in [0.29, 0.717) is 11.3 Å². The Morgan fingerprint density at radius 1 is 1.26 bits per heavy atom. The Bertz CT molecular complexity index is 866. The lowest BCUT2D eigenvalue weighted by Crippen LogP contribution is -1.95. The quantitative estimate of drug-likeness (QED) is 0.661. The molecule has 0 unspecified atom stereocenters. The van der Waals surface area contributed by atoms with Crippen molar-refractivity contribution in [2.24, 2.45) is 0 Å². The molecule has 0 saturated carbocycles. The van der Waals surface area contributed by atoms with Crippen LogP contribution >= 0.6 is 23.1 Å². The lowest BCUT2D eigenvalue weighted by molar-refractivity contribution is 1.03. The molecular formula is C17H14N4S2. The van der Waals surface area contributed by atoms with Crippen LogP contribution in [0.1, 0.15) is 22.5 Å². The van der Waals surface area contributed by atoms with E-state index in [9.17, 15) is 5.26 Å². The number of nitriles is 1. The van der Waals surface area contributed by atoms with Crippen LogP contribution in [0, 0.1) is 25.2 Å². The SMILES string of the molecule is Cc1cc(C)c(C#N)c(SCc2csc(-c3ccccn3)n2)n1. The second-order valence-electron chi connectivity index (χ2n) is 5.02. The van der Waals surface area contributed by atoms with Crippen LogP contribution in [0.5, 0.6) is 0 Å². The summed E-state index contributed by atoms with van der Waals surface area (Å²) in [5, 5.41) is 13.0. The Morgan fingerprint density at radius 2 is 2.13 bits per heavy atom. The highest BCUT2D eigenvalue weighted by Gasteiger charge is 2.11. The van der Waals surface area contributed by atoms with E-state index >= 15 is 0 Å². The van der Waals surface area contributed by atoms with Gasteiger partial charge in [0.25, 0.3) is 0 Å². The zero-order valence-corrected chi connectivity index (χ0v) is 14.4. The Hall–Kier alpha value is -2.23. The topological polar surface area (TPSA) is 62.5 Å². The number of hydrogen-bond acceptors (Lipinski definition) is 6. The van der Waals surface area contributed by atoms with Crippen LogP contribution in [0.4, 0.5) is 0 Å². The first-order valence-electron chi connectivity index (χ1n) is 7.04. The fourth-order valence-corrected chi connectivity index (χ4v) is 4.06. The molecule has 6 heteroatoms. The van der Waals surface area contributed by atoms with Crippen LogP contribution in [0.25, 0.3) is 10.7 Å². The van der Waals surface area contributed by atoms with Gasteiger partial charge in [0.1, 0.15) is 16.1 Å². The maximum Gasteiger partial charge on any atom is 0.142 e. The predicted octanol–water partition coefficient (Wildman–Crippen LogP) is 4.38. The first-order chi connectivity index (χ1) is 11.2. The fourth-order valence-electron chi connectivity index (χ4n) is 2.17. The van der Waals surface area contributed by atoms with Gasteiger partial charge in [0.2, 0.25) is 0 Å². The van der Waals surface area contributed by atoms with Gasteiger partial charge in [-0.1, -0.05) is 17.8 Å². The van der Waals surface area contributed by atoms with Crippen LogP contribution in [0.15, 0.2) is 40.9 Å². The van der Waals surface area contributed by atoms with Gasteiger partial charge in [0.15, 0.2) is 0 Å². The second-order valence-corrected chi connectivity index (χ2v) is 6.84. The second kappa shape index (κ2) is 6.90. The van der Waals surface area contributed by atoms with Crippen molar-refractivity contribution in [1.82, 2.24) is 15.0 Å². The molecule has 3 aromatic rings. The highest BCUT2D eigenvalue weighted by atomic mass is 32.2. The van der Waals surface area contributed by atoms with E-state index in [1.165, 1.54) is 0 Å². The molecule has 0 fully saturated rings. The summed E-state index contributed by atoms with van der Waals surface area (Å²) in [4.78, 5) is 13.4. The smallest absolute Gasteiger partial charge is 0.142 e. The molecule has 0 saturated heterocycles. The molecule has 0 aliphatic heterocycles. The number of aromatic nitrogens is 3. The molecule has 0 aliphatic carbocycles. The van der Waals surface area contributed by atoms with Gasteiger partial charge >= 0.3 is 0 Å². The van der Waals surface area contributed by atoms with E-state index in [0.717, 1.165) is 32.7 Å². The summed E-state index contributed by atoms with van der Waals surface area (Å²) in [6, 6.07) is 9.98. The monoisotopic (exact) mass is 338 g/mol. The largest absolute Gasteiger partial charge is 0.254 e. The van der Waals surface area contributed by atoms with Crippen LogP contribution in [-0.2, 0) is 5.75 Å². The normalized spacial score (nSPS) is 10.5.